The van der Waals surface area contributed by atoms with Gasteiger partial charge in [0, 0.05) is 31.6 Å². The fraction of sp³-hybridized carbons (Fsp3) is 0.579. The first kappa shape index (κ1) is 15.9. The molecule has 0 radical (unpaired) electrons. The first-order chi connectivity index (χ1) is 11.5. The Kier molecular flexibility index (Phi) is 3.83. The van der Waals surface area contributed by atoms with E-state index in [9.17, 15) is 9.59 Å². The molecule has 2 saturated heterocycles. The second-order valence-electron chi connectivity index (χ2n) is 7.52. The zero-order valence-electron chi connectivity index (χ0n) is 14.0. The van der Waals surface area contributed by atoms with E-state index in [1.165, 1.54) is 0 Å². The monoisotopic (exact) mass is 346 g/mol. The summed E-state index contributed by atoms with van der Waals surface area (Å²) in [5.74, 6) is 0.872. The van der Waals surface area contributed by atoms with Gasteiger partial charge in [-0.1, -0.05) is 30.2 Å². The number of fused-ring (bicyclic) bond motifs is 1. The molecular formula is C19H23ClN2O2. The summed E-state index contributed by atoms with van der Waals surface area (Å²) in [6.07, 6.45) is 4.49. The quantitative estimate of drug-likeness (QED) is 0.826. The highest BCUT2D eigenvalue weighted by atomic mass is 35.5. The number of hydrogen-bond acceptors (Lipinski definition) is 2. The van der Waals surface area contributed by atoms with Gasteiger partial charge in [0.15, 0.2) is 0 Å². The zero-order valence-corrected chi connectivity index (χ0v) is 14.8. The van der Waals surface area contributed by atoms with E-state index in [0.29, 0.717) is 23.9 Å². The second-order valence-corrected chi connectivity index (χ2v) is 7.96. The highest BCUT2D eigenvalue weighted by molar-refractivity contribution is 6.30. The topological polar surface area (TPSA) is 40.6 Å². The average molecular weight is 347 g/mol. The lowest BCUT2D eigenvalue weighted by molar-refractivity contribution is -0.144. The highest BCUT2D eigenvalue weighted by Crippen LogP contribution is 2.46. The lowest BCUT2D eigenvalue weighted by atomic mass is 9.63. The summed E-state index contributed by atoms with van der Waals surface area (Å²) in [6.45, 7) is 1.46. The number of likely N-dealkylation sites (N-methyl/N-ethyl adjacent to an activating group) is 1. The molecule has 4 rings (SSSR count). The van der Waals surface area contributed by atoms with Crippen molar-refractivity contribution in [1.82, 2.24) is 9.80 Å². The number of likely N-dealkylation sites (tertiary alicyclic amines) is 2. The van der Waals surface area contributed by atoms with E-state index in [1.807, 2.05) is 41.1 Å². The maximum absolute atomic E-state index is 13.4. The van der Waals surface area contributed by atoms with Crippen LogP contribution >= 0.6 is 11.6 Å². The number of benzene rings is 1. The largest absolute Gasteiger partial charge is 0.341 e. The van der Waals surface area contributed by atoms with Crippen LogP contribution in [0.5, 0.6) is 0 Å². The maximum atomic E-state index is 13.4. The molecule has 3 fully saturated rings. The van der Waals surface area contributed by atoms with Gasteiger partial charge in [0.05, 0.1) is 11.5 Å². The Hall–Kier alpha value is -1.55. The van der Waals surface area contributed by atoms with Crippen LogP contribution < -0.4 is 0 Å². The summed E-state index contributed by atoms with van der Waals surface area (Å²) < 4.78 is 0. The van der Waals surface area contributed by atoms with Crippen molar-refractivity contribution in [2.45, 2.75) is 43.6 Å². The Morgan fingerprint density at radius 3 is 2.58 bits per heavy atom. The molecule has 1 aromatic carbocycles. The molecule has 2 aliphatic heterocycles. The van der Waals surface area contributed by atoms with Crippen molar-refractivity contribution in [3.8, 4) is 0 Å². The summed E-state index contributed by atoms with van der Waals surface area (Å²) in [5.41, 5.74) is 0.708. The summed E-state index contributed by atoms with van der Waals surface area (Å²) in [7, 11) is 1.87. The van der Waals surface area contributed by atoms with Crippen LogP contribution in [0, 0.1) is 5.92 Å². The van der Waals surface area contributed by atoms with Gasteiger partial charge >= 0.3 is 0 Å². The third-order valence-electron chi connectivity index (χ3n) is 6.35. The molecule has 0 N–H and O–H groups in total. The molecule has 0 spiro atoms. The number of hydrogen-bond donors (Lipinski definition) is 0. The van der Waals surface area contributed by atoms with E-state index in [2.05, 4.69) is 0 Å². The maximum Gasteiger partial charge on any atom is 0.233 e. The lowest BCUT2D eigenvalue weighted by Gasteiger charge is -2.47. The van der Waals surface area contributed by atoms with E-state index in [0.717, 1.165) is 37.8 Å². The second kappa shape index (κ2) is 5.76. The molecule has 24 heavy (non-hydrogen) atoms. The number of carbonyl (C=O) groups excluding carboxylic acids is 2. The lowest BCUT2D eigenvalue weighted by Crippen LogP contribution is -2.57. The van der Waals surface area contributed by atoms with Gasteiger partial charge in [0.25, 0.3) is 0 Å². The van der Waals surface area contributed by atoms with Gasteiger partial charge in [0.1, 0.15) is 0 Å². The Labute approximate surface area is 147 Å². The molecule has 0 aromatic heterocycles. The van der Waals surface area contributed by atoms with Crippen molar-refractivity contribution in [2.24, 2.45) is 5.92 Å². The third-order valence-corrected chi connectivity index (χ3v) is 6.60. The van der Waals surface area contributed by atoms with Crippen molar-refractivity contribution in [2.75, 3.05) is 20.1 Å². The predicted molar refractivity (Wildman–Crippen MR) is 92.8 cm³/mol. The van der Waals surface area contributed by atoms with Gasteiger partial charge in [-0.2, -0.15) is 0 Å². The molecule has 4 nitrogen and oxygen atoms in total. The minimum Gasteiger partial charge on any atom is -0.341 e. The molecule has 0 bridgehead atoms. The average Bonchev–Trinajstić information content (AvgIpc) is 2.82. The number of rotatable bonds is 2. The van der Waals surface area contributed by atoms with Crippen molar-refractivity contribution < 1.29 is 9.59 Å². The van der Waals surface area contributed by atoms with Crippen LogP contribution in [0.3, 0.4) is 0 Å². The highest BCUT2D eigenvalue weighted by Gasteiger charge is 2.50. The molecule has 128 valence electrons. The normalized spacial score (nSPS) is 28.5. The Morgan fingerprint density at radius 1 is 1.25 bits per heavy atom. The van der Waals surface area contributed by atoms with E-state index < -0.39 is 0 Å². The van der Waals surface area contributed by atoms with Crippen molar-refractivity contribution in [3.63, 3.8) is 0 Å². The van der Waals surface area contributed by atoms with Crippen LogP contribution in [-0.2, 0) is 15.0 Å². The van der Waals surface area contributed by atoms with E-state index in [4.69, 9.17) is 11.6 Å². The van der Waals surface area contributed by atoms with Crippen LogP contribution in [0.15, 0.2) is 24.3 Å². The first-order valence-electron chi connectivity index (χ1n) is 8.82. The number of halogens is 1. The van der Waals surface area contributed by atoms with Crippen LogP contribution in [0.2, 0.25) is 5.02 Å². The summed E-state index contributed by atoms with van der Waals surface area (Å²) in [5, 5.41) is 0.701. The summed E-state index contributed by atoms with van der Waals surface area (Å²) >= 11 is 6.01. The molecule has 0 unspecified atom stereocenters. The minimum atomic E-state index is -0.376. The first-order valence-corrected chi connectivity index (χ1v) is 9.20. The van der Waals surface area contributed by atoms with Crippen molar-refractivity contribution in [1.29, 1.82) is 0 Å². The zero-order chi connectivity index (χ0) is 16.9. The van der Waals surface area contributed by atoms with E-state index >= 15 is 0 Å². The molecule has 2 heterocycles. The Morgan fingerprint density at radius 2 is 1.96 bits per heavy atom. The molecule has 5 heteroatoms. The molecule has 3 aliphatic rings. The number of amides is 2. The number of nitrogens with zero attached hydrogens (tertiary/aromatic N) is 2. The minimum absolute atomic E-state index is 0.192. The molecule has 1 aliphatic carbocycles. The van der Waals surface area contributed by atoms with Crippen molar-refractivity contribution in [3.05, 3.63) is 34.9 Å². The molecule has 1 aromatic rings. The Bertz CT molecular complexity index is 668. The van der Waals surface area contributed by atoms with Gasteiger partial charge in [-0.05, 0) is 42.9 Å². The van der Waals surface area contributed by atoms with Crippen molar-refractivity contribution >= 4 is 23.4 Å². The third kappa shape index (κ3) is 2.34. The van der Waals surface area contributed by atoms with Crippen LogP contribution in [0.4, 0.5) is 0 Å². The summed E-state index contributed by atoms with van der Waals surface area (Å²) in [6, 6.07) is 7.94. The van der Waals surface area contributed by atoms with Crippen LogP contribution in [0.1, 0.15) is 37.7 Å². The van der Waals surface area contributed by atoms with E-state index in [-0.39, 0.29) is 23.3 Å². The van der Waals surface area contributed by atoms with E-state index in [1.54, 1.807) is 0 Å². The van der Waals surface area contributed by atoms with Gasteiger partial charge in [-0.15, -0.1) is 0 Å². The van der Waals surface area contributed by atoms with Gasteiger partial charge in [-0.3, -0.25) is 9.59 Å². The fourth-order valence-electron chi connectivity index (χ4n) is 4.62. The smallest absolute Gasteiger partial charge is 0.233 e. The number of carbonyl (C=O) groups is 2. The molecule has 2 atom stereocenters. The predicted octanol–water partition coefficient (Wildman–Crippen LogP) is 2.84. The fourth-order valence-corrected chi connectivity index (χ4v) is 4.75. The number of piperidine rings is 1. The molecule has 1 saturated carbocycles. The van der Waals surface area contributed by atoms with Gasteiger partial charge in [0.2, 0.25) is 11.8 Å². The van der Waals surface area contributed by atoms with Gasteiger partial charge in [-0.25, -0.2) is 0 Å². The molecule has 2 amide bonds. The Balaban J connectivity index is 1.56. The van der Waals surface area contributed by atoms with Crippen LogP contribution in [-0.4, -0.2) is 47.8 Å². The standard InChI is InChI=1S/C19H23ClN2O2/c1-21-16-12-22(10-7-13(16)11-17(21)23)18(24)19(8-2-9-19)14-3-5-15(20)6-4-14/h3-6,13,16H,2,7-12H2,1H3/t13-,16-/m1/s1. The van der Waals surface area contributed by atoms with Gasteiger partial charge < -0.3 is 9.80 Å². The van der Waals surface area contributed by atoms with Crippen LogP contribution in [0.25, 0.3) is 0 Å². The SMILES string of the molecule is CN1C(=O)C[C@H]2CCN(C(=O)C3(c4ccc(Cl)cc4)CCC3)C[C@H]21. The molecular weight excluding hydrogens is 324 g/mol. The summed E-state index contributed by atoms with van der Waals surface area (Å²) in [4.78, 5) is 29.1.